The number of carbonyl (C=O) groups excluding carboxylic acids is 2. The number of nitrogens with zero attached hydrogens (tertiary/aromatic N) is 9. The van der Waals surface area contributed by atoms with E-state index in [1.54, 1.807) is 27.0 Å². The van der Waals surface area contributed by atoms with Crippen LogP contribution in [0.15, 0.2) is 77.2 Å². The number of aliphatic hydroxyl groups is 1. The van der Waals surface area contributed by atoms with Crippen molar-refractivity contribution in [1.29, 1.82) is 0 Å². The molecule has 80 heavy (non-hydrogen) atoms. The summed E-state index contributed by atoms with van der Waals surface area (Å²) in [5.41, 5.74) is 10.1. The van der Waals surface area contributed by atoms with Crippen LogP contribution < -0.4 is 10.9 Å². The Hall–Kier alpha value is -5.40. The van der Waals surface area contributed by atoms with E-state index in [0.29, 0.717) is 68.1 Å². The first-order valence-corrected chi connectivity index (χ1v) is 31.0. The van der Waals surface area contributed by atoms with Crippen LogP contribution >= 0.6 is 22.9 Å². The van der Waals surface area contributed by atoms with Crippen LogP contribution in [0.25, 0.3) is 27.0 Å². The van der Waals surface area contributed by atoms with E-state index in [1.807, 2.05) is 30.8 Å². The van der Waals surface area contributed by atoms with Gasteiger partial charge in [-0.2, -0.15) is 4.98 Å². The number of morpholine rings is 1. The van der Waals surface area contributed by atoms with E-state index in [-0.39, 0.29) is 53.6 Å². The average Bonchev–Trinajstić information content (AvgIpc) is 3.52. The molecule has 0 unspecified atom stereocenters. The van der Waals surface area contributed by atoms with Crippen molar-refractivity contribution in [2.24, 2.45) is 11.8 Å². The summed E-state index contributed by atoms with van der Waals surface area (Å²) < 4.78 is 15.5. The number of aromatic nitrogens is 6. The third-order valence-corrected chi connectivity index (χ3v) is 20.7. The summed E-state index contributed by atoms with van der Waals surface area (Å²) in [7, 11) is 0. The molecular formula is C62H75ClN10O6S. The molecule has 422 valence electrons. The number of aliphatic hydroxyl groups excluding tert-OH is 1. The lowest BCUT2D eigenvalue weighted by Crippen LogP contribution is -2.51. The summed E-state index contributed by atoms with van der Waals surface area (Å²) in [6.45, 7) is 9.82. The van der Waals surface area contributed by atoms with E-state index in [2.05, 4.69) is 67.1 Å². The zero-order valence-corrected chi connectivity index (χ0v) is 47.6. The van der Waals surface area contributed by atoms with Gasteiger partial charge in [0.1, 0.15) is 17.9 Å². The minimum atomic E-state index is -0.838. The van der Waals surface area contributed by atoms with E-state index < -0.39 is 18.2 Å². The maximum atomic E-state index is 15.1. The van der Waals surface area contributed by atoms with Crippen molar-refractivity contribution in [3.63, 3.8) is 0 Å². The topological polar surface area (TPSA) is 173 Å². The van der Waals surface area contributed by atoms with E-state index in [4.69, 9.17) is 36.4 Å². The molecule has 6 aromatic rings. The molecule has 4 atom stereocenters. The van der Waals surface area contributed by atoms with Crippen LogP contribution in [0.5, 0.6) is 0 Å². The summed E-state index contributed by atoms with van der Waals surface area (Å²) >= 11 is 8.29. The van der Waals surface area contributed by atoms with Gasteiger partial charge in [-0.05, 0) is 142 Å². The molecule has 16 nitrogen and oxygen atoms in total. The Balaban J connectivity index is 0.653. The number of carbonyl (C=O) groups is 2. The second-order valence-corrected chi connectivity index (χ2v) is 25.5. The number of nitrogens with one attached hydrogen (secondary N) is 1. The molecule has 13 rings (SSSR count). The molecule has 8 heterocycles. The molecule has 2 aliphatic carbocycles. The van der Waals surface area contributed by atoms with Crippen molar-refractivity contribution in [3.8, 4) is 16.1 Å². The number of fused-ring (bicyclic) bond motifs is 7. The third-order valence-electron chi connectivity index (χ3n) is 19.4. The molecule has 1 spiro atoms. The first-order valence-electron chi connectivity index (χ1n) is 29.8. The van der Waals surface area contributed by atoms with Crippen molar-refractivity contribution >= 4 is 45.7 Å². The molecule has 4 saturated heterocycles. The van der Waals surface area contributed by atoms with Crippen molar-refractivity contribution in [2.75, 3.05) is 72.2 Å². The lowest BCUT2D eigenvalue weighted by atomic mass is 9.69. The number of likely N-dealkylation sites (tertiary alicyclic amines) is 2. The molecule has 2 amide bonds. The van der Waals surface area contributed by atoms with E-state index in [9.17, 15) is 14.7 Å². The first-order chi connectivity index (χ1) is 39.1. The number of hydrogen-bond acceptors (Lipinski definition) is 13. The molecule has 3 aromatic heterocycles. The van der Waals surface area contributed by atoms with Gasteiger partial charge in [-0.15, -0.1) is 16.4 Å². The van der Waals surface area contributed by atoms with Crippen LogP contribution in [-0.4, -0.2) is 146 Å². The van der Waals surface area contributed by atoms with Crippen LogP contribution in [0.1, 0.15) is 148 Å². The maximum absolute atomic E-state index is 15.1. The lowest BCUT2D eigenvalue weighted by molar-refractivity contribution is -0.144. The third kappa shape index (κ3) is 10.5. The van der Waals surface area contributed by atoms with E-state index >= 15 is 4.79 Å². The zero-order chi connectivity index (χ0) is 54.5. The van der Waals surface area contributed by atoms with Gasteiger partial charge in [0.15, 0.2) is 0 Å². The largest absolute Gasteiger partial charge is 0.391 e. The molecule has 18 heteroatoms. The highest BCUT2D eigenvalue weighted by Crippen LogP contribution is 2.52. The molecule has 7 aliphatic rings. The van der Waals surface area contributed by atoms with E-state index in [1.165, 1.54) is 23.2 Å². The fourth-order valence-electron chi connectivity index (χ4n) is 15.0. The number of thiazole rings is 1. The Kier molecular flexibility index (Phi) is 15.6. The smallest absolute Gasteiger partial charge is 0.282 e. The molecule has 2 N–H and O–H groups in total. The number of halogens is 1. The minimum Gasteiger partial charge on any atom is -0.391 e. The number of ether oxygens (including phenoxy) is 2. The first kappa shape index (κ1) is 53.9. The van der Waals surface area contributed by atoms with Gasteiger partial charge >= 0.3 is 0 Å². The summed E-state index contributed by atoms with van der Waals surface area (Å²) in [4.78, 5) is 60.3. The van der Waals surface area contributed by atoms with Crippen LogP contribution in [0.4, 0.5) is 0 Å². The normalized spacial score (nSPS) is 24.7. The summed E-state index contributed by atoms with van der Waals surface area (Å²) in [6.07, 6.45) is 14.7. The number of hydrogen-bond donors (Lipinski definition) is 2. The summed E-state index contributed by atoms with van der Waals surface area (Å²) in [5, 5.41) is 25.0. The van der Waals surface area contributed by atoms with Gasteiger partial charge in [-0.25, -0.2) is 9.67 Å². The number of β-amino-alcohol motifs (C(OH)–C–C–N with tert-alkyl or cyclic N) is 1. The predicted molar refractivity (Wildman–Crippen MR) is 308 cm³/mol. The monoisotopic (exact) mass is 1120 g/mol. The average molecular weight is 1120 g/mol. The molecule has 0 radical (unpaired) electrons. The van der Waals surface area contributed by atoms with Crippen LogP contribution in [0, 0.1) is 18.8 Å². The second kappa shape index (κ2) is 23.1. The van der Waals surface area contributed by atoms with Gasteiger partial charge in [0.05, 0.1) is 74.2 Å². The predicted octanol–water partition coefficient (Wildman–Crippen LogP) is 8.90. The van der Waals surface area contributed by atoms with E-state index in [0.717, 1.165) is 136 Å². The standard InChI is InChI=1S/C62H75ClN10O6S/c1-39-57(80-38-64-39)45-14-12-42(13-15-45)50(36-70-26-30-79-31-27-70)65-58(75)54-33-47(74)35-71(54)60(77)56(44-20-28-78-29-21-44)72-37-51(67-68-72)43-10-8-40(9-11-43)34-69-24-18-41(19-25-69)46-16-17-48-53(32-46)73-52-7-5-6-49(63)55(52)59(76)66-61(73)62(48)22-3-2-4-23-62/h5-7,12-17,32,37-38,40-41,43-44,47,50,54,56,74H,2-4,8-11,18-31,33-36H2,1H3,(H,65,75)/t40?,43?,47-,50+,54+,56+/m1/s1. The number of aryl methyl sites for hydroxylation is 1. The van der Waals surface area contributed by atoms with Crippen molar-refractivity contribution in [1.82, 2.24) is 49.5 Å². The van der Waals surface area contributed by atoms with Gasteiger partial charge in [-0.3, -0.25) is 23.9 Å². The number of rotatable bonds is 13. The van der Waals surface area contributed by atoms with Crippen LogP contribution in [-0.2, 0) is 24.5 Å². The fraction of sp³-hybridized carbons (Fsp3) is 0.565. The Morgan fingerprint density at radius 1 is 0.875 bits per heavy atom. The lowest BCUT2D eigenvalue weighted by Gasteiger charge is -2.37. The molecule has 3 aromatic carbocycles. The van der Waals surface area contributed by atoms with Gasteiger partial charge < -0.3 is 29.7 Å². The number of piperidine rings is 1. The van der Waals surface area contributed by atoms with Crippen molar-refractivity contribution in [3.05, 3.63) is 122 Å². The molecule has 2 saturated carbocycles. The Morgan fingerprint density at radius 2 is 1.64 bits per heavy atom. The van der Waals surface area contributed by atoms with Gasteiger partial charge in [0, 0.05) is 64.5 Å². The van der Waals surface area contributed by atoms with Crippen molar-refractivity contribution < 1.29 is 24.2 Å². The van der Waals surface area contributed by atoms with Crippen LogP contribution in [0.2, 0.25) is 5.02 Å². The molecule has 0 bridgehead atoms. The van der Waals surface area contributed by atoms with Gasteiger partial charge in [0.2, 0.25) is 11.8 Å². The summed E-state index contributed by atoms with van der Waals surface area (Å²) in [6, 6.07) is 19.4. The zero-order valence-electron chi connectivity index (χ0n) is 46.0. The molecular weight excluding hydrogens is 1050 g/mol. The maximum Gasteiger partial charge on any atom is 0.282 e. The van der Waals surface area contributed by atoms with Crippen LogP contribution in [0.3, 0.4) is 0 Å². The Morgan fingerprint density at radius 3 is 2.39 bits per heavy atom. The molecule has 5 aliphatic heterocycles. The van der Waals surface area contributed by atoms with Gasteiger partial charge in [-0.1, -0.05) is 78.5 Å². The minimum absolute atomic E-state index is 0.0562. The highest BCUT2D eigenvalue weighted by molar-refractivity contribution is 7.13. The number of amides is 2. The molecule has 6 fully saturated rings. The summed E-state index contributed by atoms with van der Waals surface area (Å²) in [5.74, 6) is 1.70. The SMILES string of the molecule is Cc1ncsc1-c1ccc([C@H](CN2CCOCC2)NC(=O)[C@@H]2C[C@@H](O)CN2C(=O)[C@H](C2CCOCC2)n2cc(C3CCC(CN4CCC(c5ccc6c(c5)-n5c(nc(=O)c7c(Cl)cccc75)C65CCCCC5)CC4)CC3)nn2)cc1. The van der Waals surface area contributed by atoms with Crippen molar-refractivity contribution in [2.45, 2.75) is 138 Å². The highest BCUT2D eigenvalue weighted by atomic mass is 35.5. The van der Waals surface area contributed by atoms with Gasteiger partial charge in [0.25, 0.3) is 5.56 Å². The number of benzene rings is 3. The fourth-order valence-corrected chi connectivity index (χ4v) is 16.1. The quantitative estimate of drug-likeness (QED) is 0.113. The Labute approximate surface area is 477 Å². The second-order valence-electron chi connectivity index (χ2n) is 24.2. The highest BCUT2D eigenvalue weighted by Gasteiger charge is 2.48. The Bertz CT molecular complexity index is 3260.